The first-order valence-electron chi connectivity index (χ1n) is 7.14. The first-order chi connectivity index (χ1) is 10.7. The zero-order valence-corrected chi connectivity index (χ0v) is 13.1. The van der Waals surface area contributed by atoms with Crippen molar-refractivity contribution in [2.75, 3.05) is 18.0 Å². The van der Waals surface area contributed by atoms with E-state index in [4.69, 9.17) is 15.9 Å². The second kappa shape index (κ2) is 8.28. The SMILES string of the molecule is Cc1cc2c(cc1F)CCN2C[C@H](C)N.O=C(O)C=CC(=O)O. The zero-order chi connectivity index (χ0) is 17.6. The molecule has 1 aromatic rings. The van der Waals surface area contributed by atoms with Gasteiger partial charge in [0.05, 0.1) is 0 Å². The molecule has 0 aliphatic carbocycles. The Morgan fingerprint density at radius 3 is 2.39 bits per heavy atom. The normalized spacial score (nSPS) is 14.2. The Morgan fingerprint density at radius 1 is 1.35 bits per heavy atom. The molecule has 1 aliphatic rings. The summed E-state index contributed by atoms with van der Waals surface area (Å²) in [5, 5.41) is 15.6. The van der Waals surface area contributed by atoms with E-state index in [1.54, 1.807) is 13.0 Å². The molecular formula is C16H21FN2O4. The molecule has 0 saturated carbocycles. The van der Waals surface area contributed by atoms with Gasteiger partial charge in [-0.2, -0.15) is 0 Å². The van der Waals surface area contributed by atoms with Crippen molar-refractivity contribution in [3.63, 3.8) is 0 Å². The summed E-state index contributed by atoms with van der Waals surface area (Å²) < 4.78 is 13.3. The van der Waals surface area contributed by atoms with Crippen molar-refractivity contribution >= 4 is 17.6 Å². The highest BCUT2D eigenvalue weighted by molar-refractivity contribution is 5.89. The highest BCUT2D eigenvalue weighted by Gasteiger charge is 2.21. The lowest BCUT2D eigenvalue weighted by molar-refractivity contribution is -0.134. The van der Waals surface area contributed by atoms with Crippen LogP contribution in [0.3, 0.4) is 0 Å². The van der Waals surface area contributed by atoms with Gasteiger partial charge in [-0.3, -0.25) is 0 Å². The number of hydrogen-bond donors (Lipinski definition) is 3. The monoisotopic (exact) mass is 324 g/mol. The predicted octanol–water partition coefficient (Wildman–Crippen LogP) is 1.56. The van der Waals surface area contributed by atoms with Crippen molar-refractivity contribution in [2.45, 2.75) is 26.3 Å². The number of carbonyl (C=O) groups is 2. The average molecular weight is 324 g/mol. The van der Waals surface area contributed by atoms with E-state index in [2.05, 4.69) is 4.90 Å². The number of rotatable bonds is 4. The summed E-state index contributed by atoms with van der Waals surface area (Å²) in [4.78, 5) is 21.3. The van der Waals surface area contributed by atoms with Crippen molar-refractivity contribution in [2.24, 2.45) is 5.73 Å². The number of fused-ring (bicyclic) bond motifs is 1. The number of carboxylic acid groups (broad SMARTS) is 2. The lowest BCUT2D eigenvalue weighted by Gasteiger charge is -2.21. The largest absolute Gasteiger partial charge is 0.478 e. The van der Waals surface area contributed by atoms with E-state index in [1.807, 2.05) is 13.0 Å². The van der Waals surface area contributed by atoms with Gasteiger partial charge in [-0.05, 0) is 43.5 Å². The molecule has 0 spiro atoms. The number of nitrogens with two attached hydrogens (primary N) is 1. The molecule has 0 unspecified atom stereocenters. The third-order valence-electron chi connectivity index (χ3n) is 3.23. The molecule has 1 heterocycles. The summed E-state index contributed by atoms with van der Waals surface area (Å²) in [5.74, 6) is -2.61. The lowest BCUT2D eigenvalue weighted by atomic mass is 10.1. The molecule has 2 rings (SSSR count). The molecule has 6 nitrogen and oxygen atoms in total. The molecular weight excluding hydrogens is 303 g/mol. The molecule has 0 fully saturated rings. The molecule has 0 radical (unpaired) electrons. The van der Waals surface area contributed by atoms with E-state index < -0.39 is 11.9 Å². The van der Waals surface area contributed by atoms with E-state index in [0.717, 1.165) is 30.8 Å². The zero-order valence-electron chi connectivity index (χ0n) is 13.1. The maximum atomic E-state index is 13.3. The minimum Gasteiger partial charge on any atom is -0.478 e. The molecule has 1 aliphatic heterocycles. The van der Waals surface area contributed by atoms with Crippen molar-refractivity contribution in [3.05, 3.63) is 41.2 Å². The third-order valence-corrected chi connectivity index (χ3v) is 3.23. The fraction of sp³-hybridized carbons (Fsp3) is 0.375. The van der Waals surface area contributed by atoms with Crippen LogP contribution in [0.4, 0.5) is 10.1 Å². The van der Waals surface area contributed by atoms with Crippen molar-refractivity contribution < 1.29 is 24.2 Å². The Hall–Kier alpha value is -2.41. The van der Waals surface area contributed by atoms with Gasteiger partial charge in [0.2, 0.25) is 0 Å². The minimum atomic E-state index is -1.26. The molecule has 0 aromatic heterocycles. The number of benzene rings is 1. The molecule has 0 amide bonds. The van der Waals surface area contributed by atoms with Gasteiger partial charge in [-0.25, -0.2) is 14.0 Å². The maximum absolute atomic E-state index is 13.3. The van der Waals surface area contributed by atoms with E-state index in [-0.39, 0.29) is 11.9 Å². The van der Waals surface area contributed by atoms with Gasteiger partial charge >= 0.3 is 11.9 Å². The Labute approximate surface area is 134 Å². The van der Waals surface area contributed by atoms with Crippen molar-refractivity contribution in [1.29, 1.82) is 0 Å². The van der Waals surface area contributed by atoms with Crippen LogP contribution in [-0.2, 0) is 16.0 Å². The molecule has 1 aromatic carbocycles. The van der Waals surface area contributed by atoms with Gasteiger partial charge in [0.15, 0.2) is 0 Å². The number of halogens is 1. The summed E-state index contributed by atoms with van der Waals surface area (Å²) in [5.41, 5.74) is 8.76. The highest BCUT2D eigenvalue weighted by Crippen LogP contribution is 2.30. The van der Waals surface area contributed by atoms with Gasteiger partial charge in [0, 0.05) is 37.0 Å². The number of aryl methyl sites for hydroxylation is 1. The summed E-state index contributed by atoms with van der Waals surface area (Å²) in [7, 11) is 0. The Morgan fingerprint density at radius 2 is 1.91 bits per heavy atom. The van der Waals surface area contributed by atoms with Crippen molar-refractivity contribution in [3.8, 4) is 0 Å². The molecule has 7 heteroatoms. The fourth-order valence-corrected chi connectivity index (χ4v) is 2.26. The van der Waals surface area contributed by atoms with Crippen LogP contribution in [0.2, 0.25) is 0 Å². The van der Waals surface area contributed by atoms with Crippen LogP contribution in [0.15, 0.2) is 24.3 Å². The molecule has 23 heavy (non-hydrogen) atoms. The maximum Gasteiger partial charge on any atom is 0.328 e. The van der Waals surface area contributed by atoms with Crippen LogP contribution in [0.25, 0.3) is 0 Å². The number of anilines is 1. The van der Waals surface area contributed by atoms with Crippen LogP contribution < -0.4 is 10.6 Å². The smallest absolute Gasteiger partial charge is 0.328 e. The Balaban J connectivity index is 0.000000284. The Kier molecular flexibility index (Phi) is 6.71. The first-order valence-corrected chi connectivity index (χ1v) is 7.14. The minimum absolute atomic E-state index is 0.101. The first kappa shape index (κ1) is 18.6. The van der Waals surface area contributed by atoms with Crippen molar-refractivity contribution in [1.82, 2.24) is 0 Å². The van der Waals surface area contributed by atoms with Gasteiger partial charge in [-0.15, -0.1) is 0 Å². The van der Waals surface area contributed by atoms with Crippen LogP contribution >= 0.6 is 0 Å². The predicted molar refractivity (Wildman–Crippen MR) is 85.1 cm³/mol. The third kappa shape index (κ3) is 6.07. The van der Waals surface area contributed by atoms with Crippen LogP contribution in [-0.4, -0.2) is 41.3 Å². The summed E-state index contributed by atoms with van der Waals surface area (Å²) in [6.07, 6.45) is 2.05. The molecule has 126 valence electrons. The van der Waals surface area contributed by atoms with Gasteiger partial charge in [0.25, 0.3) is 0 Å². The topological polar surface area (TPSA) is 104 Å². The Bertz CT molecular complexity index is 598. The molecule has 1 atom stereocenters. The fourth-order valence-electron chi connectivity index (χ4n) is 2.26. The van der Waals surface area contributed by atoms with Crippen LogP contribution in [0.1, 0.15) is 18.1 Å². The second-order valence-electron chi connectivity index (χ2n) is 5.41. The highest BCUT2D eigenvalue weighted by atomic mass is 19.1. The summed E-state index contributed by atoms with van der Waals surface area (Å²) in [6, 6.07) is 3.74. The second-order valence-corrected chi connectivity index (χ2v) is 5.41. The number of aliphatic carboxylic acids is 2. The quantitative estimate of drug-likeness (QED) is 0.726. The van der Waals surface area contributed by atoms with E-state index in [1.165, 1.54) is 0 Å². The summed E-state index contributed by atoms with van der Waals surface area (Å²) in [6.45, 7) is 5.60. The lowest BCUT2D eigenvalue weighted by Crippen LogP contribution is -2.34. The number of hydrogen-bond acceptors (Lipinski definition) is 4. The average Bonchev–Trinajstić information content (AvgIpc) is 2.79. The molecule has 0 saturated heterocycles. The molecule has 0 bridgehead atoms. The van der Waals surface area contributed by atoms with Gasteiger partial charge in [0.1, 0.15) is 5.82 Å². The number of nitrogens with zero attached hydrogens (tertiary/aromatic N) is 1. The van der Waals surface area contributed by atoms with Crippen LogP contribution in [0.5, 0.6) is 0 Å². The van der Waals surface area contributed by atoms with E-state index in [0.29, 0.717) is 17.7 Å². The van der Waals surface area contributed by atoms with Crippen LogP contribution in [0, 0.1) is 12.7 Å². The van der Waals surface area contributed by atoms with E-state index in [9.17, 15) is 14.0 Å². The number of carboxylic acids is 2. The molecule has 4 N–H and O–H groups in total. The van der Waals surface area contributed by atoms with Gasteiger partial charge in [-0.1, -0.05) is 0 Å². The standard InChI is InChI=1S/C12H17FN2.C4H4O4/c1-8-5-12-10(6-11(8)13)3-4-15(12)7-9(2)14;5-3(6)1-2-4(7)8/h5-6,9H,3-4,7,14H2,1-2H3;1-2H,(H,5,6)(H,7,8)/t9-;/m0./s1. The van der Waals surface area contributed by atoms with Gasteiger partial charge < -0.3 is 20.8 Å². The van der Waals surface area contributed by atoms with E-state index >= 15 is 0 Å². The summed E-state index contributed by atoms with van der Waals surface area (Å²) >= 11 is 0.